The molecule has 0 spiro atoms. The molecule has 1 saturated heterocycles. The van der Waals surface area contributed by atoms with Crippen LogP contribution in [0.5, 0.6) is 5.75 Å². The van der Waals surface area contributed by atoms with E-state index in [1.807, 2.05) is 12.1 Å². The van der Waals surface area contributed by atoms with Gasteiger partial charge in [0.1, 0.15) is 12.3 Å². The molecule has 2 amide bonds. The van der Waals surface area contributed by atoms with Gasteiger partial charge in [0.2, 0.25) is 5.91 Å². The first-order valence-electron chi connectivity index (χ1n) is 7.60. The van der Waals surface area contributed by atoms with Crippen molar-refractivity contribution in [1.29, 1.82) is 0 Å². The molecular formula is C16H20N2O4. The zero-order chi connectivity index (χ0) is 15.5. The van der Waals surface area contributed by atoms with Crippen LogP contribution in [0.25, 0.3) is 0 Å². The van der Waals surface area contributed by atoms with Crippen LogP contribution in [-0.2, 0) is 14.3 Å². The molecule has 6 heteroatoms. The van der Waals surface area contributed by atoms with E-state index in [2.05, 4.69) is 5.32 Å². The first-order chi connectivity index (χ1) is 10.6. The van der Waals surface area contributed by atoms with Crippen LogP contribution >= 0.6 is 0 Å². The molecule has 2 aliphatic heterocycles. The maximum absolute atomic E-state index is 12.3. The van der Waals surface area contributed by atoms with Gasteiger partial charge in [0.15, 0.2) is 6.10 Å². The van der Waals surface area contributed by atoms with E-state index >= 15 is 0 Å². The van der Waals surface area contributed by atoms with E-state index in [-0.39, 0.29) is 24.5 Å². The molecule has 1 aromatic rings. The lowest BCUT2D eigenvalue weighted by molar-refractivity contribution is -0.128. The van der Waals surface area contributed by atoms with E-state index in [1.165, 1.54) is 4.90 Å². The number of hydrogen-bond acceptors (Lipinski definition) is 4. The standard InChI is InChI=1S/C16H20N2O4/c1-11-16(20)18(13-6-2-3-7-14(13)22-11)10-15(19)17-9-12-5-4-8-21-12/h2-3,6-7,11-12H,4-5,8-10H2,1H3,(H,17,19)/t11-,12-/m0/s1. The van der Waals surface area contributed by atoms with Crippen molar-refractivity contribution in [3.8, 4) is 5.75 Å². The minimum absolute atomic E-state index is 0.00370. The van der Waals surface area contributed by atoms with Gasteiger partial charge in [0, 0.05) is 13.2 Å². The van der Waals surface area contributed by atoms with Crippen molar-refractivity contribution in [3.05, 3.63) is 24.3 Å². The van der Waals surface area contributed by atoms with Gasteiger partial charge < -0.3 is 14.8 Å². The van der Waals surface area contributed by atoms with Crippen LogP contribution < -0.4 is 15.0 Å². The van der Waals surface area contributed by atoms with Crippen molar-refractivity contribution in [3.63, 3.8) is 0 Å². The lowest BCUT2D eigenvalue weighted by Gasteiger charge is -2.32. The summed E-state index contributed by atoms with van der Waals surface area (Å²) in [7, 11) is 0. The van der Waals surface area contributed by atoms with Crippen molar-refractivity contribution in [2.45, 2.75) is 32.0 Å². The zero-order valence-corrected chi connectivity index (χ0v) is 12.6. The Balaban J connectivity index is 1.65. The molecule has 1 fully saturated rings. The van der Waals surface area contributed by atoms with Crippen LogP contribution in [0.4, 0.5) is 5.69 Å². The van der Waals surface area contributed by atoms with Gasteiger partial charge in [0.05, 0.1) is 11.8 Å². The highest BCUT2D eigenvalue weighted by molar-refractivity contribution is 6.03. The molecule has 1 N–H and O–H groups in total. The van der Waals surface area contributed by atoms with Gasteiger partial charge in [0.25, 0.3) is 5.91 Å². The van der Waals surface area contributed by atoms with Crippen LogP contribution in [0, 0.1) is 0 Å². The maximum Gasteiger partial charge on any atom is 0.268 e. The number of carbonyl (C=O) groups excluding carboxylic acids is 2. The molecule has 1 aromatic carbocycles. The van der Waals surface area contributed by atoms with Crippen LogP contribution in [0.1, 0.15) is 19.8 Å². The van der Waals surface area contributed by atoms with Gasteiger partial charge in [-0.25, -0.2) is 0 Å². The lowest BCUT2D eigenvalue weighted by atomic mass is 10.2. The fourth-order valence-electron chi connectivity index (χ4n) is 2.75. The van der Waals surface area contributed by atoms with E-state index in [1.54, 1.807) is 19.1 Å². The minimum atomic E-state index is -0.583. The van der Waals surface area contributed by atoms with Gasteiger partial charge in [-0.1, -0.05) is 12.1 Å². The average molecular weight is 304 g/mol. The maximum atomic E-state index is 12.3. The molecule has 3 rings (SSSR count). The summed E-state index contributed by atoms with van der Waals surface area (Å²) in [5.74, 6) is 0.236. The quantitative estimate of drug-likeness (QED) is 0.904. The number of fused-ring (bicyclic) bond motifs is 1. The summed E-state index contributed by atoms with van der Waals surface area (Å²) < 4.78 is 11.0. The Morgan fingerprint density at radius 2 is 2.23 bits per heavy atom. The number of hydrogen-bond donors (Lipinski definition) is 1. The third kappa shape index (κ3) is 3.06. The Kier molecular flexibility index (Phi) is 4.29. The number of benzene rings is 1. The van der Waals surface area contributed by atoms with Crippen LogP contribution in [0.2, 0.25) is 0 Å². The van der Waals surface area contributed by atoms with E-state index < -0.39 is 6.10 Å². The number of carbonyl (C=O) groups is 2. The monoisotopic (exact) mass is 304 g/mol. The van der Waals surface area contributed by atoms with Crippen molar-refractivity contribution < 1.29 is 19.1 Å². The summed E-state index contributed by atoms with van der Waals surface area (Å²) in [6.45, 7) is 2.94. The average Bonchev–Trinajstić information content (AvgIpc) is 3.03. The highest BCUT2D eigenvalue weighted by atomic mass is 16.5. The smallest absolute Gasteiger partial charge is 0.268 e. The number of nitrogens with zero attached hydrogens (tertiary/aromatic N) is 1. The van der Waals surface area contributed by atoms with E-state index in [0.29, 0.717) is 18.0 Å². The Morgan fingerprint density at radius 1 is 1.41 bits per heavy atom. The molecule has 2 heterocycles. The summed E-state index contributed by atoms with van der Waals surface area (Å²) in [5.41, 5.74) is 0.637. The number of nitrogens with one attached hydrogen (secondary N) is 1. The third-order valence-electron chi connectivity index (χ3n) is 3.93. The molecule has 0 aliphatic carbocycles. The predicted octanol–water partition coefficient (Wildman–Crippen LogP) is 1.10. The second kappa shape index (κ2) is 6.36. The van der Waals surface area contributed by atoms with Crippen LogP contribution in [-0.4, -0.2) is 43.7 Å². The van der Waals surface area contributed by atoms with Crippen LogP contribution in [0.3, 0.4) is 0 Å². The van der Waals surface area contributed by atoms with Crippen molar-refractivity contribution in [2.75, 3.05) is 24.6 Å². The number of ether oxygens (including phenoxy) is 2. The topological polar surface area (TPSA) is 67.9 Å². The molecule has 2 atom stereocenters. The second-order valence-corrected chi connectivity index (χ2v) is 5.59. The molecule has 22 heavy (non-hydrogen) atoms. The molecule has 0 bridgehead atoms. The van der Waals surface area contributed by atoms with Gasteiger partial charge in [-0.3, -0.25) is 14.5 Å². The molecule has 2 aliphatic rings. The highest BCUT2D eigenvalue weighted by Crippen LogP contribution is 2.33. The minimum Gasteiger partial charge on any atom is -0.479 e. The van der Waals surface area contributed by atoms with E-state index in [4.69, 9.17) is 9.47 Å². The Bertz CT molecular complexity index is 569. The molecular weight excluding hydrogens is 284 g/mol. The predicted molar refractivity (Wildman–Crippen MR) is 80.9 cm³/mol. The molecule has 6 nitrogen and oxygen atoms in total. The van der Waals surface area contributed by atoms with Gasteiger partial charge in [-0.15, -0.1) is 0 Å². The first kappa shape index (κ1) is 14.8. The zero-order valence-electron chi connectivity index (χ0n) is 12.6. The number of para-hydroxylation sites is 2. The van der Waals surface area contributed by atoms with Gasteiger partial charge >= 0.3 is 0 Å². The summed E-state index contributed by atoms with van der Waals surface area (Å²) in [5, 5.41) is 2.84. The van der Waals surface area contributed by atoms with E-state index in [9.17, 15) is 9.59 Å². The lowest BCUT2D eigenvalue weighted by Crippen LogP contribution is -2.49. The highest BCUT2D eigenvalue weighted by Gasteiger charge is 2.32. The van der Waals surface area contributed by atoms with Crippen LogP contribution in [0.15, 0.2) is 24.3 Å². The summed E-state index contributed by atoms with van der Waals surface area (Å²) >= 11 is 0. The van der Waals surface area contributed by atoms with Gasteiger partial charge in [-0.2, -0.15) is 0 Å². The number of amides is 2. The van der Waals surface area contributed by atoms with Gasteiger partial charge in [-0.05, 0) is 31.9 Å². The Morgan fingerprint density at radius 3 is 3.00 bits per heavy atom. The number of rotatable bonds is 4. The second-order valence-electron chi connectivity index (χ2n) is 5.59. The Labute approximate surface area is 129 Å². The molecule has 0 aromatic heterocycles. The normalized spacial score (nSPS) is 23.9. The molecule has 0 unspecified atom stereocenters. The largest absolute Gasteiger partial charge is 0.479 e. The van der Waals surface area contributed by atoms with E-state index in [0.717, 1.165) is 19.4 Å². The summed E-state index contributed by atoms with van der Waals surface area (Å²) in [6, 6.07) is 7.25. The summed E-state index contributed by atoms with van der Waals surface area (Å²) in [6.07, 6.45) is 1.51. The SMILES string of the molecule is C[C@@H]1Oc2ccccc2N(CC(=O)NC[C@@H]2CCCO2)C1=O. The molecule has 118 valence electrons. The molecule has 0 radical (unpaired) electrons. The fourth-order valence-corrected chi connectivity index (χ4v) is 2.75. The first-order valence-corrected chi connectivity index (χ1v) is 7.60. The summed E-state index contributed by atoms with van der Waals surface area (Å²) in [4.78, 5) is 25.9. The third-order valence-corrected chi connectivity index (χ3v) is 3.93. The fraction of sp³-hybridized carbons (Fsp3) is 0.500. The molecule has 0 saturated carbocycles. The van der Waals surface area contributed by atoms with Crippen molar-refractivity contribution in [2.24, 2.45) is 0 Å². The van der Waals surface area contributed by atoms with Crippen molar-refractivity contribution in [1.82, 2.24) is 5.32 Å². The number of anilines is 1. The Hall–Kier alpha value is -2.08. The van der Waals surface area contributed by atoms with Crippen molar-refractivity contribution >= 4 is 17.5 Å².